The number of fused-ring (bicyclic) bond motifs is 4. The molecule has 0 aliphatic carbocycles. The van der Waals surface area contributed by atoms with E-state index >= 15 is 0 Å². The van der Waals surface area contributed by atoms with Crippen LogP contribution in [0.5, 0.6) is 11.8 Å². The van der Waals surface area contributed by atoms with Crippen LogP contribution in [0, 0.1) is 6.92 Å². The lowest BCUT2D eigenvalue weighted by Gasteiger charge is -2.24. The summed E-state index contributed by atoms with van der Waals surface area (Å²) in [5, 5.41) is 16.4. The van der Waals surface area contributed by atoms with Gasteiger partial charge >= 0.3 is 0 Å². The van der Waals surface area contributed by atoms with Gasteiger partial charge in [0, 0.05) is 40.1 Å². The van der Waals surface area contributed by atoms with Gasteiger partial charge in [-0.3, -0.25) is 9.78 Å². The van der Waals surface area contributed by atoms with Crippen molar-refractivity contribution >= 4 is 21.6 Å². The molecule has 30 heavy (non-hydrogen) atoms. The number of aromatic nitrogens is 8. The van der Waals surface area contributed by atoms with E-state index in [2.05, 4.69) is 41.3 Å². The van der Waals surface area contributed by atoms with Gasteiger partial charge in [-0.05, 0) is 19.1 Å². The fourth-order valence-electron chi connectivity index (χ4n) is 3.91. The Bertz CT molecular complexity index is 1410. The number of aromatic amines is 1. The Labute approximate surface area is 178 Å². The van der Waals surface area contributed by atoms with Crippen LogP contribution in [0.2, 0.25) is 0 Å². The maximum atomic E-state index is 6.03. The third-order valence-corrected chi connectivity index (χ3v) is 5.81. The van der Waals surface area contributed by atoms with Gasteiger partial charge in [0.1, 0.15) is 6.33 Å². The summed E-state index contributed by atoms with van der Waals surface area (Å²) in [6.07, 6.45) is 5.46. The van der Waals surface area contributed by atoms with Gasteiger partial charge in [0.2, 0.25) is 11.8 Å². The van der Waals surface area contributed by atoms with Crippen molar-refractivity contribution < 1.29 is 4.74 Å². The van der Waals surface area contributed by atoms with Gasteiger partial charge in [0.15, 0.2) is 11.5 Å². The first-order chi connectivity index (χ1) is 14.6. The highest BCUT2D eigenvalue weighted by molar-refractivity contribution is 9.10. The van der Waals surface area contributed by atoms with E-state index in [0.29, 0.717) is 23.2 Å². The van der Waals surface area contributed by atoms with Crippen molar-refractivity contribution in [2.24, 2.45) is 7.05 Å². The van der Waals surface area contributed by atoms with Crippen LogP contribution in [0.25, 0.3) is 17.0 Å². The molecule has 5 aromatic rings. The predicted octanol–water partition coefficient (Wildman–Crippen LogP) is 3.60. The summed E-state index contributed by atoms with van der Waals surface area (Å²) in [6, 6.07) is 7.90. The van der Waals surface area contributed by atoms with Gasteiger partial charge in [-0.15, -0.1) is 10.2 Å². The van der Waals surface area contributed by atoms with E-state index in [1.54, 1.807) is 15.5 Å². The van der Waals surface area contributed by atoms with Gasteiger partial charge in [-0.25, -0.2) is 14.5 Å². The van der Waals surface area contributed by atoms with Crippen LogP contribution in [-0.4, -0.2) is 39.6 Å². The quantitative estimate of drug-likeness (QED) is 0.421. The third-order valence-electron chi connectivity index (χ3n) is 5.28. The molecule has 0 spiro atoms. The molecule has 1 N–H and O–H groups in total. The fraction of sp³-hybridized carbons (Fsp3) is 0.150. The molecule has 0 bridgehead atoms. The molecule has 1 aliphatic heterocycles. The standard InChI is InChI=1S/C20H15BrN8O/c1-10-14-15(12-7-23-28(2)8-12)16-18-24-17(11-3-5-13(21)6-4-11)27-29(18)9-22-19(16)30-20(14)26-25-10/h3-9,15H,1-2H3,(H,25,26)/t15-/m1/s1. The molecule has 9 nitrogen and oxygen atoms in total. The first kappa shape index (κ1) is 17.3. The lowest BCUT2D eigenvalue weighted by molar-refractivity contribution is 0.416. The summed E-state index contributed by atoms with van der Waals surface area (Å²) < 4.78 is 10.5. The van der Waals surface area contributed by atoms with Gasteiger partial charge in [0.05, 0.1) is 17.7 Å². The van der Waals surface area contributed by atoms with Crippen LogP contribution in [0.3, 0.4) is 0 Å². The number of hydrogen-bond acceptors (Lipinski definition) is 6. The number of nitrogens with one attached hydrogen (secondary N) is 1. The Morgan fingerprint density at radius 1 is 1.13 bits per heavy atom. The highest BCUT2D eigenvalue weighted by Gasteiger charge is 2.37. The summed E-state index contributed by atoms with van der Waals surface area (Å²) in [6.45, 7) is 1.98. The molecular weight excluding hydrogens is 448 g/mol. The maximum Gasteiger partial charge on any atom is 0.244 e. The number of nitrogens with zero attached hydrogens (tertiary/aromatic N) is 7. The van der Waals surface area contributed by atoms with Crippen molar-refractivity contribution in [2.75, 3.05) is 0 Å². The molecule has 5 heterocycles. The van der Waals surface area contributed by atoms with Gasteiger partial charge < -0.3 is 4.74 Å². The largest absolute Gasteiger partial charge is 0.418 e. The monoisotopic (exact) mass is 462 g/mol. The van der Waals surface area contributed by atoms with E-state index in [1.165, 1.54) is 0 Å². The second kappa shape index (κ2) is 6.23. The summed E-state index contributed by atoms with van der Waals surface area (Å²) >= 11 is 3.47. The molecular formula is C20H15BrN8O. The predicted molar refractivity (Wildman–Crippen MR) is 111 cm³/mol. The van der Waals surface area contributed by atoms with Gasteiger partial charge in [0.25, 0.3) is 0 Å². The molecule has 0 saturated heterocycles. The van der Waals surface area contributed by atoms with E-state index in [0.717, 1.165) is 32.4 Å². The van der Waals surface area contributed by atoms with E-state index < -0.39 is 0 Å². The molecule has 4 aromatic heterocycles. The summed E-state index contributed by atoms with van der Waals surface area (Å²) in [4.78, 5) is 9.36. The zero-order valence-electron chi connectivity index (χ0n) is 16.0. The Kier molecular flexibility index (Phi) is 3.60. The average Bonchev–Trinajstić information content (AvgIpc) is 3.45. The minimum Gasteiger partial charge on any atom is -0.418 e. The van der Waals surface area contributed by atoms with Gasteiger partial charge in [-0.1, -0.05) is 28.1 Å². The molecule has 0 unspecified atom stereocenters. The van der Waals surface area contributed by atoms with Crippen molar-refractivity contribution in [1.29, 1.82) is 0 Å². The van der Waals surface area contributed by atoms with Crippen molar-refractivity contribution in [3.8, 4) is 23.1 Å². The molecule has 0 saturated carbocycles. The molecule has 1 atom stereocenters. The topological polar surface area (TPSA) is 98.8 Å². The molecule has 0 radical (unpaired) electrons. The molecule has 6 rings (SSSR count). The van der Waals surface area contributed by atoms with Crippen molar-refractivity contribution in [3.05, 3.63) is 69.8 Å². The highest BCUT2D eigenvalue weighted by atomic mass is 79.9. The number of rotatable bonds is 2. The second-order valence-electron chi connectivity index (χ2n) is 7.22. The molecule has 0 amide bonds. The van der Waals surface area contributed by atoms with Crippen LogP contribution in [0.1, 0.15) is 28.3 Å². The zero-order valence-corrected chi connectivity index (χ0v) is 17.6. The number of aryl methyl sites for hydroxylation is 2. The average molecular weight is 463 g/mol. The lowest BCUT2D eigenvalue weighted by Crippen LogP contribution is -2.14. The number of benzene rings is 1. The van der Waals surface area contributed by atoms with Crippen LogP contribution in [-0.2, 0) is 7.05 Å². The number of ether oxygens (including phenoxy) is 1. The second-order valence-corrected chi connectivity index (χ2v) is 8.14. The first-order valence-electron chi connectivity index (χ1n) is 9.31. The number of halogens is 1. The van der Waals surface area contributed by atoms with Crippen molar-refractivity contribution in [1.82, 2.24) is 39.6 Å². The highest BCUT2D eigenvalue weighted by Crippen LogP contribution is 2.48. The molecule has 0 fully saturated rings. The molecule has 10 heteroatoms. The Balaban J connectivity index is 1.61. The maximum absolute atomic E-state index is 6.03. The van der Waals surface area contributed by atoms with Gasteiger partial charge in [-0.2, -0.15) is 5.10 Å². The smallest absolute Gasteiger partial charge is 0.244 e. The molecule has 1 aliphatic rings. The zero-order chi connectivity index (χ0) is 20.4. The van der Waals surface area contributed by atoms with E-state index in [9.17, 15) is 0 Å². The fourth-order valence-corrected chi connectivity index (χ4v) is 4.17. The van der Waals surface area contributed by atoms with E-state index in [1.807, 2.05) is 50.6 Å². The normalized spacial score (nSPS) is 15.1. The molecule has 1 aromatic carbocycles. The number of H-pyrrole nitrogens is 1. The van der Waals surface area contributed by atoms with Crippen LogP contribution in [0.15, 0.2) is 47.5 Å². The van der Waals surface area contributed by atoms with Crippen LogP contribution < -0.4 is 4.74 Å². The van der Waals surface area contributed by atoms with Crippen molar-refractivity contribution in [2.45, 2.75) is 12.8 Å². The van der Waals surface area contributed by atoms with Crippen molar-refractivity contribution in [3.63, 3.8) is 0 Å². The third kappa shape index (κ3) is 2.50. The van der Waals surface area contributed by atoms with Crippen LogP contribution >= 0.6 is 15.9 Å². The Morgan fingerprint density at radius 3 is 2.73 bits per heavy atom. The number of hydrogen-bond donors (Lipinski definition) is 1. The minimum absolute atomic E-state index is 0.172. The SMILES string of the molecule is Cc1[nH]nc2c1[C@@H](c1cnn(C)c1)c1c(ncn3nc(-c4ccc(Br)cc4)nc13)O2. The first-order valence-corrected chi connectivity index (χ1v) is 10.1. The van der Waals surface area contributed by atoms with Crippen LogP contribution in [0.4, 0.5) is 0 Å². The Hall–Kier alpha value is -3.53. The molecule has 148 valence electrons. The van der Waals surface area contributed by atoms with E-state index in [-0.39, 0.29) is 5.92 Å². The lowest BCUT2D eigenvalue weighted by atomic mass is 9.86. The summed E-state index contributed by atoms with van der Waals surface area (Å²) in [5.74, 6) is 1.45. The summed E-state index contributed by atoms with van der Waals surface area (Å²) in [5.41, 5.74) is 5.36. The Morgan fingerprint density at radius 2 is 1.97 bits per heavy atom. The minimum atomic E-state index is -0.172. The van der Waals surface area contributed by atoms with E-state index in [4.69, 9.17) is 9.72 Å². The summed E-state index contributed by atoms with van der Waals surface area (Å²) in [7, 11) is 1.90.